The Labute approximate surface area is 195 Å². The highest BCUT2D eigenvalue weighted by Gasteiger charge is 2.28. The minimum absolute atomic E-state index is 0.141. The molecular weight excluding hydrogens is 456 g/mol. The number of aromatic nitrogens is 1. The highest BCUT2D eigenvalue weighted by Crippen LogP contribution is 2.19. The molecule has 172 valence electrons. The van der Waals surface area contributed by atoms with Gasteiger partial charge in [0.25, 0.3) is 11.8 Å². The Hall–Kier alpha value is -2.98. The molecule has 32 heavy (non-hydrogen) atoms. The van der Waals surface area contributed by atoms with Gasteiger partial charge in [-0.15, -0.1) is 11.3 Å². The zero-order valence-electron chi connectivity index (χ0n) is 18.4. The molecule has 0 bridgehead atoms. The first-order chi connectivity index (χ1) is 15.0. The third-order valence-corrected chi connectivity index (χ3v) is 4.89. The summed E-state index contributed by atoms with van der Waals surface area (Å²) in [6.07, 6.45) is 0.320. The van der Waals surface area contributed by atoms with Crippen LogP contribution in [0.4, 0.5) is 5.13 Å². The van der Waals surface area contributed by atoms with Crippen molar-refractivity contribution in [3.63, 3.8) is 0 Å². The molecule has 0 saturated carbocycles. The fourth-order valence-corrected chi connectivity index (χ4v) is 3.25. The maximum atomic E-state index is 12.8. The summed E-state index contributed by atoms with van der Waals surface area (Å²) in [5, 5.41) is 11.3. The second kappa shape index (κ2) is 11.1. The second-order valence-electron chi connectivity index (χ2n) is 7.59. The number of halogens is 1. The van der Waals surface area contributed by atoms with Gasteiger partial charge in [-0.05, 0) is 51.5 Å². The summed E-state index contributed by atoms with van der Waals surface area (Å²) >= 11 is 6.95. The van der Waals surface area contributed by atoms with E-state index < -0.39 is 23.5 Å². The molecule has 2 rings (SSSR count). The third kappa shape index (κ3) is 7.31. The Balaban J connectivity index is 2.13. The van der Waals surface area contributed by atoms with Crippen molar-refractivity contribution in [2.45, 2.75) is 45.8 Å². The predicted molar refractivity (Wildman–Crippen MR) is 123 cm³/mol. The van der Waals surface area contributed by atoms with E-state index in [1.54, 1.807) is 57.3 Å². The van der Waals surface area contributed by atoms with E-state index in [0.29, 0.717) is 17.0 Å². The lowest BCUT2D eigenvalue weighted by Gasteiger charge is -2.23. The van der Waals surface area contributed by atoms with Crippen LogP contribution in [0, 0.1) is 0 Å². The minimum atomic E-state index is -0.869. The summed E-state index contributed by atoms with van der Waals surface area (Å²) in [7, 11) is 1.29. The molecule has 11 heteroatoms. The van der Waals surface area contributed by atoms with Crippen molar-refractivity contribution in [3.05, 3.63) is 45.9 Å². The molecule has 2 N–H and O–H groups in total. The lowest BCUT2D eigenvalue weighted by molar-refractivity contribution is -0.158. The molecule has 0 aliphatic rings. The lowest BCUT2D eigenvalue weighted by atomic mass is 10.1. The Bertz CT molecular complexity index is 998. The highest BCUT2D eigenvalue weighted by atomic mass is 35.5. The van der Waals surface area contributed by atoms with Crippen LogP contribution in [0.15, 0.2) is 34.8 Å². The molecule has 1 aromatic heterocycles. The number of hydrogen-bond acceptors (Lipinski definition) is 8. The Morgan fingerprint density at radius 3 is 2.44 bits per heavy atom. The number of thiazole rings is 1. The molecule has 0 radical (unpaired) electrons. The average Bonchev–Trinajstić information content (AvgIpc) is 3.17. The van der Waals surface area contributed by atoms with Crippen LogP contribution >= 0.6 is 22.9 Å². The number of hydrogen-bond donors (Lipinski definition) is 2. The first-order valence-corrected chi connectivity index (χ1v) is 11.0. The molecule has 0 saturated heterocycles. The van der Waals surface area contributed by atoms with Gasteiger partial charge in [-0.25, -0.2) is 9.78 Å². The van der Waals surface area contributed by atoms with Gasteiger partial charge in [0.15, 0.2) is 10.8 Å². The van der Waals surface area contributed by atoms with Crippen molar-refractivity contribution in [1.82, 2.24) is 10.3 Å². The maximum Gasteiger partial charge on any atom is 0.329 e. The monoisotopic (exact) mass is 480 g/mol. The number of nitrogens with one attached hydrogen (secondary N) is 2. The van der Waals surface area contributed by atoms with Crippen LogP contribution in [0.5, 0.6) is 0 Å². The molecule has 1 unspecified atom stereocenters. The van der Waals surface area contributed by atoms with Crippen LogP contribution in [0.3, 0.4) is 0 Å². The van der Waals surface area contributed by atoms with E-state index in [9.17, 15) is 14.4 Å². The Kier molecular flexibility index (Phi) is 8.73. The summed E-state index contributed by atoms with van der Waals surface area (Å²) in [5.74, 6) is -1.60. The second-order valence-corrected chi connectivity index (χ2v) is 8.88. The number of anilines is 1. The summed E-state index contributed by atoms with van der Waals surface area (Å²) < 4.78 is 5.34. The Morgan fingerprint density at radius 2 is 1.88 bits per heavy atom. The summed E-state index contributed by atoms with van der Waals surface area (Å²) in [6.45, 7) is 6.97. The number of esters is 1. The molecule has 2 amide bonds. The summed E-state index contributed by atoms with van der Waals surface area (Å²) in [6, 6.07) is 5.50. The van der Waals surface area contributed by atoms with Crippen molar-refractivity contribution in [2.75, 3.05) is 12.4 Å². The van der Waals surface area contributed by atoms with Crippen molar-refractivity contribution in [3.8, 4) is 0 Å². The Morgan fingerprint density at radius 1 is 1.22 bits per heavy atom. The molecule has 0 aliphatic carbocycles. The number of nitrogens with zero attached hydrogens (tertiary/aromatic N) is 2. The van der Waals surface area contributed by atoms with E-state index in [4.69, 9.17) is 21.2 Å². The minimum Gasteiger partial charge on any atom is -0.458 e. The fraction of sp³-hybridized carbons (Fsp3) is 0.381. The predicted octanol–water partition coefficient (Wildman–Crippen LogP) is 3.64. The standard InChI is InChI=1S/C21H25ClN4O5S/c1-6-14(19(29)31-21(2,3)4)23-18(28)16(26-30-5)15-11-32-20(24-15)25-17(27)12-7-9-13(22)10-8-12/h7-11,14H,6H2,1-5H3,(H,23,28)(H,24,25,27). The fourth-order valence-electron chi connectivity index (χ4n) is 2.43. The molecule has 1 atom stereocenters. The number of amides is 2. The van der Waals surface area contributed by atoms with E-state index in [-0.39, 0.29) is 22.4 Å². The number of rotatable bonds is 8. The molecule has 0 fully saturated rings. The topological polar surface area (TPSA) is 119 Å². The van der Waals surface area contributed by atoms with E-state index in [0.717, 1.165) is 11.3 Å². The van der Waals surface area contributed by atoms with E-state index in [1.807, 2.05) is 0 Å². The van der Waals surface area contributed by atoms with Crippen molar-refractivity contribution < 1.29 is 24.0 Å². The van der Waals surface area contributed by atoms with E-state index >= 15 is 0 Å². The average molecular weight is 481 g/mol. The highest BCUT2D eigenvalue weighted by molar-refractivity contribution is 7.14. The summed E-state index contributed by atoms with van der Waals surface area (Å²) in [5.41, 5.74) is -0.250. The number of oxime groups is 1. The van der Waals surface area contributed by atoms with Crippen LogP contribution in [-0.2, 0) is 19.2 Å². The van der Waals surface area contributed by atoms with Crippen LogP contribution < -0.4 is 10.6 Å². The molecule has 0 spiro atoms. The van der Waals surface area contributed by atoms with E-state index in [2.05, 4.69) is 20.8 Å². The van der Waals surface area contributed by atoms with Crippen molar-refractivity contribution in [1.29, 1.82) is 0 Å². The zero-order chi connectivity index (χ0) is 23.9. The maximum absolute atomic E-state index is 12.8. The molecule has 1 aromatic carbocycles. The summed E-state index contributed by atoms with van der Waals surface area (Å²) in [4.78, 5) is 46.5. The van der Waals surface area contributed by atoms with Gasteiger partial charge in [0.05, 0.1) is 0 Å². The number of benzene rings is 1. The number of carbonyl (C=O) groups excluding carboxylic acids is 3. The number of ether oxygens (including phenoxy) is 1. The first-order valence-electron chi connectivity index (χ1n) is 9.71. The first kappa shape index (κ1) is 25.3. The van der Waals surface area contributed by atoms with Crippen LogP contribution in [0.2, 0.25) is 5.02 Å². The van der Waals surface area contributed by atoms with Gasteiger partial charge in [0.2, 0.25) is 0 Å². The van der Waals surface area contributed by atoms with Gasteiger partial charge < -0.3 is 14.9 Å². The van der Waals surface area contributed by atoms with Gasteiger partial charge in [0, 0.05) is 16.0 Å². The van der Waals surface area contributed by atoms with Gasteiger partial charge in [-0.2, -0.15) is 0 Å². The van der Waals surface area contributed by atoms with Gasteiger partial charge in [-0.1, -0.05) is 23.7 Å². The van der Waals surface area contributed by atoms with E-state index in [1.165, 1.54) is 7.11 Å². The number of carbonyl (C=O) groups is 3. The SMILES string of the molecule is CCC(NC(=O)C(=NOC)c1csc(NC(=O)c2ccc(Cl)cc2)n1)C(=O)OC(C)(C)C. The van der Waals surface area contributed by atoms with Crippen LogP contribution in [-0.4, -0.2) is 47.2 Å². The third-order valence-electron chi connectivity index (χ3n) is 3.88. The smallest absolute Gasteiger partial charge is 0.329 e. The molecule has 9 nitrogen and oxygen atoms in total. The largest absolute Gasteiger partial charge is 0.458 e. The van der Waals surface area contributed by atoms with Gasteiger partial charge in [0.1, 0.15) is 24.4 Å². The quantitative estimate of drug-likeness (QED) is 0.338. The van der Waals surface area contributed by atoms with Gasteiger partial charge in [-0.3, -0.25) is 14.9 Å². The van der Waals surface area contributed by atoms with Crippen LogP contribution in [0.25, 0.3) is 0 Å². The molecule has 0 aliphatic heterocycles. The van der Waals surface area contributed by atoms with Gasteiger partial charge >= 0.3 is 5.97 Å². The van der Waals surface area contributed by atoms with Crippen molar-refractivity contribution >= 4 is 51.6 Å². The molecule has 2 aromatic rings. The molecule has 1 heterocycles. The zero-order valence-corrected chi connectivity index (χ0v) is 20.0. The van der Waals surface area contributed by atoms with Crippen molar-refractivity contribution in [2.24, 2.45) is 5.16 Å². The van der Waals surface area contributed by atoms with Crippen LogP contribution in [0.1, 0.15) is 50.2 Å². The normalized spacial score (nSPS) is 12.6. The molecular formula is C21H25ClN4O5S. The lowest BCUT2D eigenvalue weighted by Crippen LogP contribution is -2.46.